The van der Waals surface area contributed by atoms with Gasteiger partial charge < -0.3 is 36.2 Å². The van der Waals surface area contributed by atoms with Crippen LogP contribution in [0.3, 0.4) is 0 Å². The number of aliphatic hydroxyl groups is 1. The van der Waals surface area contributed by atoms with Crippen molar-refractivity contribution in [3.05, 3.63) is 77.3 Å². The summed E-state index contributed by atoms with van der Waals surface area (Å²) in [6.07, 6.45) is 0. The van der Waals surface area contributed by atoms with Crippen molar-refractivity contribution in [1.29, 1.82) is 0 Å². The van der Waals surface area contributed by atoms with E-state index in [0.717, 1.165) is 30.3 Å². The molecule has 0 saturated heterocycles. The number of phenolic OH excluding ortho intramolecular Hbond substituents is 1. The maximum absolute atomic E-state index is 12.7. The molecule has 7 aromatic rings. The van der Waals surface area contributed by atoms with Crippen LogP contribution in [0.5, 0.6) is 5.75 Å². The predicted molar refractivity (Wildman–Crippen MR) is 253 cm³/mol. The number of benzene rings is 5. The van der Waals surface area contributed by atoms with E-state index >= 15 is 0 Å². The van der Waals surface area contributed by atoms with E-state index in [-0.39, 0.29) is 65.7 Å². The molecule has 70 heavy (non-hydrogen) atoms. The van der Waals surface area contributed by atoms with Crippen molar-refractivity contribution < 1.29 is 66.8 Å². The average molecular weight is 1100 g/mol. The number of rotatable bonds is 18. The van der Waals surface area contributed by atoms with Crippen molar-refractivity contribution in [2.75, 3.05) is 47.6 Å². The molecule has 368 valence electrons. The van der Waals surface area contributed by atoms with E-state index in [2.05, 4.69) is 74.0 Å². The molecular weight excluding hydrogens is 1070 g/mol. The Hall–Kier alpha value is -6.27. The summed E-state index contributed by atoms with van der Waals surface area (Å²) in [7, 11) is -20.5. The highest BCUT2D eigenvalue weighted by Crippen LogP contribution is 2.46. The van der Waals surface area contributed by atoms with Gasteiger partial charge in [0.25, 0.3) is 40.5 Å². The molecule has 34 heteroatoms. The van der Waals surface area contributed by atoms with Gasteiger partial charge in [-0.2, -0.15) is 63.6 Å². The second-order valence-corrected chi connectivity index (χ2v) is 20.6. The lowest BCUT2D eigenvalue weighted by Gasteiger charge is -2.16. The third-order valence-corrected chi connectivity index (χ3v) is 13.5. The highest BCUT2D eigenvalue weighted by Gasteiger charge is 2.27. The second kappa shape index (κ2) is 20.2. The number of phenols is 1. The number of nitrogens with one attached hydrogen (secondary N) is 4. The van der Waals surface area contributed by atoms with Crippen LogP contribution in [0.4, 0.5) is 52.2 Å². The highest BCUT2D eigenvalue weighted by molar-refractivity contribution is 7.87. The number of anilines is 7. The number of hydrogen-bond acceptors (Lipinski definition) is 24. The Balaban J connectivity index is 1.29. The van der Waals surface area contributed by atoms with Gasteiger partial charge in [-0.25, -0.2) is 0 Å². The van der Waals surface area contributed by atoms with Crippen molar-refractivity contribution >= 4 is 150 Å². The van der Waals surface area contributed by atoms with E-state index in [1.807, 2.05) is 0 Å². The number of aromatic hydroxyl groups is 1. The first-order valence-electron chi connectivity index (χ1n) is 18.9. The van der Waals surface area contributed by atoms with Gasteiger partial charge in [0.05, 0.1) is 36.1 Å². The Morgan fingerprint density at radius 2 is 1.26 bits per heavy atom. The molecule has 5 aromatic carbocycles. The van der Waals surface area contributed by atoms with Crippen molar-refractivity contribution in [1.82, 2.24) is 29.9 Å². The minimum atomic E-state index is -5.40. The Morgan fingerprint density at radius 1 is 0.629 bits per heavy atom. The van der Waals surface area contributed by atoms with Crippen LogP contribution in [-0.2, 0) is 45.2 Å². The molecule has 27 nitrogen and oxygen atoms in total. The summed E-state index contributed by atoms with van der Waals surface area (Å²) in [5, 5.41) is 37.2. The van der Waals surface area contributed by atoms with Gasteiger partial charge >= 0.3 is 0 Å². The number of fused-ring (bicyclic) bond motifs is 2. The van der Waals surface area contributed by atoms with Gasteiger partial charge in [0.15, 0.2) is 5.75 Å². The van der Waals surface area contributed by atoms with E-state index in [9.17, 15) is 57.0 Å². The van der Waals surface area contributed by atoms with Crippen LogP contribution >= 0.6 is 35.8 Å². The van der Waals surface area contributed by atoms with Gasteiger partial charge in [-0.1, -0.05) is 18.2 Å². The number of aliphatic hydroxyl groups excluding tert-OH is 1. The van der Waals surface area contributed by atoms with Crippen LogP contribution in [0.1, 0.15) is 0 Å². The second-order valence-electron chi connectivity index (χ2n) is 13.9. The molecule has 0 aliphatic rings. The van der Waals surface area contributed by atoms with Crippen LogP contribution < -0.4 is 21.3 Å². The summed E-state index contributed by atoms with van der Waals surface area (Å²) < 4.78 is 146. The highest BCUT2D eigenvalue weighted by atomic mass is 35.5. The molecule has 0 aliphatic carbocycles. The van der Waals surface area contributed by atoms with E-state index in [4.69, 9.17) is 33.0 Å². The molecule has 2 aromatic heterocycles. The minimum absolute atomic E-state index is 0.00138. The van der Waals surface area contributed by atoms with Gasteiger partial charge in [-0.15, -0.1) is 22.9 Å². The molecule has 0 radical (unpaired) electrons. The van der Waals surface area contributed by atoms with Crippen molar-refractivity contribution in [2.24, 2.45) is 10.2 Å². The Kier molecular flexibility index (Phi) is 14.9. The SMILES string of the molecule is O=S(=O)(O)c1cc(Nc2nc(Cl)nc(Nc3ccc(S(=O)(=O)O)c(Nc4nc(Cl)nc(NCCOCCO)n4)c3)n2)c2c(O)c(N=Nc3ccc4c(S)cccc4c3S(=O)(=O)O)c(S(=O)(=O)O)cc2c1. The fourth-order valence-electron chi connectivity index (χ4n) is 6.41. The van der Waals surface area contributed by atoms with Gasteiger partial charge in [-0.05, 0) is 82.5 Å². The third kappa shape index (κ3) is 12.0. The standard InChI is InChI=1S/C36H30Cl2N12O15S5/c37-31-43-33(39-8-10-65-11-9-51)47-35(45-31)41-22-14-17(4-7-25(22)68(56,57)58)40-34-44-32(38)46-36(48-34)42-23-15-18(67(53,54)55)12-16-13-26(69(59,60)61)28(29(52)27(16)23)50-49-21-6-5-19-20(2-1-3-24(19)66)30(21)70(62,63)64/h1-7,12-15,51-52,66H,8-11H2,(H,53,54,55)(H,56,57,58)(H,59,60,61)(H,62,63,64)(H2,39,41,43,45,47)(H2,40,42,44,46,48). The molecule has 10 N–H and O–H groups in total. The predicted octanol–water partition coefficient (Wildman–Crippen LogP) is 5.72. The van der Waals surface area contributed by atoms with E-state index in [1.165, 1.54) is 24.3 Å². The number of aromatic nitrogens is 6. The molecule has 2 heterocycles. The molecule has 0 amide bonds. The zero-order valence-electron chi connectivity index (χ0n) is 34.5. The third-order valence-electron chi connectivity index (χ3n) is 9.17. The maximum Gasteiger partial charge on any atom is 0.297 e. The molecular formula is C36H30Cl2N12O15S5. The van der Waals surface area contributed by atoms with Gasteiger partial charge in [0.1, 0.15) is 26.1 Å². The topological polar surface area (TPSA) is 417 Å². The van der Waals surface area contributed by atoms with Gasteiger partial charge in [-0.3, -0.25) is 18.2 Å². The first-order valence-corrected chi connectivity index (χ1v) is 25.9. The molecule has 0 atom stereocenters. The van der Waals surface area contributed by atoms with Crippen LogP contribution in [-0.4, -0.2) is 118 Å². The molecule has 0 bridgehead atoms. The largest absolute Gasteiger partial charge is 0.505 e. The summed E-state index contributed by atoms with van der Waals surface area (Å²) in [5.74, 6) is -2.44. The minimum Gasteiger partial charge on any atom is -0.505 e. The molecule has 0 saturated carbocycles. The quantitative estimate of drug-likeness (QED) is 0.0212. The summed E-state index contributed by atoms with van der Waals surface area (Å²) in [6.45, 7) is 0.185. The summed E-state index contributed by atoms with van der Waals surface area (Å²) in [6, 6.07) is 12.1. The number of thiol groups is 1. The molecule has 0 fully saturated rings. The first-order chi connectivity index (χ1) is 32.8. The lowest BCUT2D eigenvalue weighted by atomic mass is 10.1. The monoisotopic (exact) mass is 1100 g/mol. The van der Waals surface area contributed by atoms with Crippen molar-refractivity contribution in [2.45, 2.75) is 24.5 Å². The Bertz CT molecular complexity index is 3750. The molecule has 0 spiro atoms. The fraction of sp³-hybridized carbons (Fsp3) is 0.111. The summed E-state index contributed by atoms with van der Waals surface area (Å²) in [5.41, 5.74) is -2.44. The van der Waals surface area contributed by atoms with Crippen LogP contribution in [0.2, 0.25) is 10.6 Å². The summed E-state index contributed by atoms with van der Waals surface area (Å²) in [4.78, 5) is 20.8. The number of halogens is 2. The molecule has 0 unspecified atom stereocenters. The zero-order chi connectivity index (χ0) is 50.9. The van der Waals surface area contributed by atoms with Crippen LogP contribution in [0.25, 0.3) is 21.5 Å². The van der Waals surface area contributed by atoms with Gasteiger partial charge in [0.2, 0.25) is 34.4 Å². The van der Waals surface area contributed by atoms with Gasteiger partial charge in [0, 0.05) is 27.9 Å². The van der Waals surface area contributed by atoms with E-state index < -0.39 is 111 Å². The van der Waals surface area contributed by atoms with Crippen molar-refractivity contribution in [3.8, 4) is 5.75 Å². The summed E-state index contributed by atoms with van der Waals surface area (Å²) >= 11 is 16.6. The number of ether oxygens (including phenoxy) is 1. The number of azo groups is 1. The number of hydrogen-bond donors (Lipinski definition) is 11. The van der Waals surface area contributed by atoms with Crippen LogP contribution in [0, 0.1) is 0 Å². The zero-order valence-corrected chi connectivity index (χ0v) is 40.1. The van der Waals surface area contributed by atoms with E-state index in [0.29, 0.717) is 17.0 Å². The molecule has 7 rings (SSSR count). The maximum atomic E-state index is 12.7. The Labute approximate surface area is 409 Å². The number of nitrogens with zero attached hydrogens (tertiary/aromatic N) is 8. The van der Waals surface area contributed by atoms with E-state index in [1.54, 1.807) is 0 Å². The first kappa shape index (κ1) is 51.6. The lowest BCUT2D eigenvalue weighted by Crippen LogP contribution is -2.14. The Morgan fingerprint density at radius 3 is 1.89 bits per heavy atom. The van der Waals surface area contributed by atoms with Crippen molar-refractivity contribution in [3.63, 3.8) is 0 Å². The molecule has 0 aliphatic heterocycles. The smallest absolute Gasteiger partial charge is 0.297 e. The lowest BCUT2D eigenvalue weighted by molar-refractivity contribution is 0.0991. The average Bonchev–Trinajstić information content (AvgIpc) is 3.24. The fourth-order valence-corrected chi connectivity index (χ4v) is 9.66. The van der Waals surface area contributed by atoms with Crippen LogP contribution in [0.15, 0.2) is 101 Å². The normalized spacial score (nSPS) is 12.5.